The third kappa shape index (κ3) is 5.73. The molecule has 3 rings (SSSR count). The molecule has 1 fully saturated rings. The van der Waals surface area contributed by atoms with Crippen LogP contribution in [0.2, 0.25) is 0 Å². The molecule has 1 aliphatic rings. The molecular weight excluding hydrogens is 383 g/mol. The van der Waals surface area contributed by atoms with Crippen molar-refractivity contribution in [1.82, 2.24) is 4.90 Å². The highest BCUT2D eigenvalue weighted by Gasteiger charge is 2.28. The summed E-state index contributed by atoms with van der Waals surface area (Å²) in [5.41, 5.74) is 7.22. The van der Waals surface area contributed by atoms with E-state index in [0.717, 1.165) is 0 Å². The number of likely N-dealkylation sites (tertiary alicyclic amines) is 1. The van der Waals surface area contributed by atoms with Crippen LogP contribution in [0.1, 0.15) is 30.4 Å². The van der Waals surface area contributed by atoms with Crippen LogP contribution in [0.4, 0.5) is 4.39 Å². The highest BCUT2D eigenvalue weighted by molar-refractivity contribution is 5.99. The van der Waals surface area contributed by atoms with Crippen molar-refractivity contribution in [3.05, 3.63) is 71.5 Å². The molecule has 0 bridgehead atoms. The molecule has 0 radical (unpaired) electrons. The highest BCUT2D eigenvalue weighted by Crippen LogP contribution is 2.21. The maximum absolute atomic E-state index is 13.8. The molecule has 1 heterocycles. The standard InChI is InChI=1S/C23H27FN4O2/c24-20-9-5-4-8-18(20)14-19(25)15-21(29)28-12-10-17(11-13-28)23(27)30-22(26)16-6-2-1-3-7-16/h1-9,17,19,26-27H,10-15,25H2/t19-/m1/s1. The lowest BCUT2D eigenvalue weighted by Crippen LogP contribution is -2.43. The zero-order chi connectivity index (χ0) is 21.5. The first kappa shape index (κ1) is 21.6. The average Bonchev–Trinajstić information content (AvgIpc) is 2.76. The average molecular weight is 410 g/mol. The van der Waals surface area contributed by atoms with E-state index in [1.54, 1.807) is 35.2 Å². The van der Waals surface area contributed by atoms with Crippen molar-refractivity contribution in [2.24, 2.45) is 11.7 Å². The summed E-state index contributed by atoms with van der Waals surface area (Å²) in [6, 6.07) is 15.0. The Balaban J connectivity index is 1.44. The van der Waals surface area contributed by atoms with Gasteiger partial charge in [-0.15, -0.1) is 0 Å². The molecule has 7 heteroatoms. The zero-order valence-corrected chi connectivity index (χ0v) is 16.8. The number of benzene rings is 2. The van der Waals surface area contributed by atoms with Gasteiger partial charge in [-0.3, -0.25) is 15.6 Å². The Hall–Kier alpha value is -3.06. The van der Waals surface area contributed by atoms with E-state index in [1.807, 2.05) is 18.2 Å². The number of carbonyl (C=O) groups is 1. The van der Waals surface area contributed by atoms with Crippen LogP contribution >= 0.6 is 0 Å². The molecule has 1 amide bonds. The lowest BCUT2D eigenvalue weighted by atomic mass is 9.95. The van der Waals surface area contributed by atoms with Gasteiger partial charge in [0.15, 0.2) is 5.90 Å². The number of nitrogens with one attached hydrogen (secondary N) is 2. The van der Waals surface area contributed by atoms with E-state index in [1.165, 1.54) is 6.07 Å². The van der Waals surface area contributed by atoms with Crippen molar-refractivity contribution in [1.29, 1.82) is 10.8 Å². The van der Waals surface area contributed by atoms with Gasteiger partial charge in [0.1, 0.15) is 5.82 Å². The van der Waals surface area contributed by atoms with Crippen LogP contribution in [0.3, 0.4) is 0 Å². The molecule has 0 aromatic heterocycles. The van der Waals surface area contributed by atoms with Crippen LogP contribution in [0.15, 0.2) is 54.6 Å². The molecule has 6 nitrogen and oxygen atoms in total. The first-order chi connectivity index (χ1) is 14.4. The Morgan fingerprint density at radius 2 is 1.73 bits per heavy atom. The Morgan fingerprint density at radius 3 is 2.40 bits per heavy atom. The molecule has 1 saturated heterocycles. The maximum Gasteiger partial charge on any atom is 0.224 e. The second kappa shape index (κ2) is 10.1. The van der Waals surface area contributed by atoms with E-state index in [0.29, 0.717) is 43.5 Å². The van der Waals surface area contributed by atoms with E-state index in [-0.39, 0.29) is 35.9 Å². The molecule has 0 spiro atoms. The second-order valence-electron chi connectivity index (χ2n) is 7.58. The maximum atomic E-state index is 13.8. The fourth-order valence-electron chi connectivity index (χ4n) is 3.60. The summed E-state index contributed by atoms with van der Waals surface area (Å²) < 4.78 is 19.2. The van der Waals surface area contributed by atoms with Crippen molar-refractivity contribution >= 4 is 17.7 Å². The van der Waals surface area contributed by atoms with Gasteiger partial charge < -0.3 is 15.4 Å². The van der Waals surface area contributed by atoms with Gasteiger partial charge in [-0.25, -0.2) is 4.39 Å². The molecule has 30 heavy (non-hydrogen) atoms. The summed E-state index contributed by atoms with van der Waals surface area (Å²) in [6.07, 6.45) is 1.69. The SMILES string of the molecule is N=C(OC(=N)C1CCN(C(=O)C[C@H](N)Cc2ccccc2F)CC1)c1ccccc1. The third-order valence-corrected chi connectivity index (χ3v) is 5.34. The lowest BCUT2D eigenvalue weighted by Gasteiger charge is -2.32. The van der Waals surface area contributed by atoms with Gasteiger partial charge in [0.2, 0.25) is 11.8 Å². The molecule has 158 valence electrons. The third-order valence-electron chi connectivity index (χ3n) is 5.34. The van der Waals surface area contributed by atoms with Crippen molar-refractivity contribution in [2.45, 2.75) is 31.7 Å². The van der Waals surface area contributed by atoms with Gasteiger partial charge in [-0.2, -0.15) is 0 Å². The predicted octanol–water partition coefficient (Wildman–Crippen LogP) is 3.34. The van der Waals surface area contributed by atoms with Crippen LogP contribution in [-0.2, 0) is 16.0 Å². The summed E-state index contributed by atoms with van der Waals surface area (Å²) in [7, 11) is 0. The smallest absolute Gasteiger partial charge is 0.224 e. The van der Waals surface area contributed by atoms with E-state index < -0.39 is 6.04 Å². The number of hydrogen-bond acceptors (Lipinski definition) is 5. The Labute approximate surface area is 175 Å². The number of ether oxygens (including phenoxy) is 1. The molecular formula is C23H27FN4O2. The Bertz CT molecular complexity index is 895. The van der Waals surface area contributed by atoms with Gasteiger partial charge in [0, 0.05) is 37.0 Å². The summed E-state index contributed by atoms with van der Waals surface area (Å²) in [4.78, 5) is 14.3. The molecule has 4 N–H and O–H groups in total. The first-order valence-corrected chi connectivity index (χ1v) is 10.1. The predicted molar refractivity (Wildman–Crippen MR) is 114 cm³/mol. The van der Waals surface area contributed by atoms with E-state index in [4.69, 9.17) is 21.3 Å². The largest absolute Gasteiger partial charge is 0.425 e. The molecule has 0 aliphatic carbocycles. The van der Waals surface area contributed by atoms with Crippen LogP contribution in [0, 0.1) is 22.6 Å². The topological polar surface area (TPSA) is 103 Å². The van der Waals surface area contributed by atoms with Gasteiger partial charge in [0.25, 0.3) is 0 Å². The minimum absolute atomic E-state index is 0.0433. The summed E-state index contributed by atoms with van der Waals surface area (Å²) in [5, 5.41) is 16.2. The Kier molecular flexibility index (Phi) is 7.30. The summed E-state index contributed by atoms with van der Waals surface area (Å²) in [5.74, 6) is -0.460. The van der Waals surface area contributed by atoms with E-state index >= 15 is 0 Å². The first-order valence-electron chi connectivity index (χ1n) is 10.1. The Morgan fingerprint density at radius 1 is 1.10 bits per heavy atom. The summed E-state index contributed by atoms with van der Waals surface area (Å²) in [6.45, 7) is 1.03. The molecule has 2 aromatic carbocycles. The number of halogens is 1. The second-order valence-corrected chi connectivity index (χ2v) is 7.58. The summed E-state index contributed by atoms with van der Waals surface area (Å²) >= 11 is 0. The van der Waals surface area contributed by atoms with Crippen LogP contribution in [0.5, 0.6) is 0 Å². The highest BCUT2D eigenvalue weighted by atomic mass is 19.1. The fraction of sp³-hybridized carbons (Fsp3) is 0.348. The normalized spacial score (nSPS) is 15.5. The fourth-order valence-corrected chi connectivity index (χ4v) is 3.60. The van der Waals surface area contributed by atoms with Gasteiger partial charge >= 0.3 is 0 Å². The number of nitrogens with two attached hydrogens (primary N) is 1. The van der Waals surface area contributed by atoms with Crippen LogP contribution in [-0.4, -0.2) is 41.7 Å². The number of amides is 1. The van der Waals surface area contributed by atoms with Crippen molar-refractivity contribution < 1.29 is 13.9 Å². The van der Waals surface area contributed by atoms with Crippen LogP contribution in [0.25, 0.3) is 0 Å². The van der Waals surface area contributed by atoms with Crippen molar-refractivity contribution in [2.75, 3.05) is 13.1 Å². The quantitative estimate of drug-likeness (QED) is 0.503. The van der Waals surface area contributed by atoms with Crippen LogP contribution < -0.4 is 5.73 Å². The number of piperidine rings is 1. The lowest BCUT2D eigenvalue weighted by molar-refractivity contribution is -0.132. The number of carbonyl (C=O) groups excluding carboxylic acids is 1. The molecule has 0 unspecified atom stereocenters. The van der Waals surface area contributed by atoms with Gasteiger partial charge in [-0.1, -0.05) is 36.4 Å². The number of hydrogen-bond donors (Lipinski definition) is 3. The minimum Gasteiger partial charge on any atom is -0.425 e. The molecule has 0 saturated carbocycles. The van der Waals surface area contributed by atoms with Gasteiger partial charge in [0.05, 0.1) is 0 Å². The van der Waals surface area contributed by atoms with Crippen molar-refractivity contribution in [3.63, 3.8) is 0 Å². The van der Waals surface area contributed by atoms with Gasteiger partial charge in [-0.05, 0) is 43.0 Å². The minimum atomic E-state index is -0.444. The molecule has 1 atom stereocenters. The van der Waals surface area contributed by atoms with E-state index in [9.17, 15) is 9.18 Å². The molecule has 2 aromatic rings. The van der Waals surface area contributed by atoms with Crippen molar-refractivity contribution in [3.8, 4) is 0 Å². The zero-order valence-electron chi connectivity index (χ0n) is 16.8. The molecule has 1 aliphatic heterocycles. The van der Waals surface area contributed by atoms with E-state index in [2.05, 4.69) is 0 Å². The number of rotatable bonds is 6. The number of nitrogens with zero attached hydrogens (tertiary/aromatic N) is 1. The monoisotopic (exact) mass is 410 g/mol.